The van der Waals surface area contributed by atoms with Gasteiger partial charge >= 0.3 is 0 Å². The van der Waals surface area contributed by atoms with Gasteiger partial charge in [-0.1, -0.05) is 6.07 Å². The van der Waals surface area contributed by atoms with Gasteiger partial charge in [-0.3, -0.25) is 14.8 Å². The minimum atomic E-state index is 0.766. The Bertz CT molecular complexity index is 345. The first kappa shape index (κ1) is 12.5. The second-order valence-electron chi connectivity index (χ2n) is 4.78. The molecule has 1 saturated heterocycles. The van der Waals surface area contributed by atoms with E-state index in [1.165, 1.54) is 11.1 Å². The molecule has 1 aromatic heterocycles. The van der Waals surface area contributed by atoms with Crippen molar-refractivity contribution in [1.29, 1.82) is 0 Å². The lowest BCUT2D eigenvalue weighted by Crippen LogP contribution is -2.47. The van der Waals surface area contributed by atoms with Crippen LogP contribution in [0.4, 0.5) is 0 Å². The lowest BCUT2D eigenvalue weighted by atomic mass is 10.2. The van der Waals surface area contributed by atoms with Crippen LogP contribution in [0, 0.1) is 6.92 Å². The Morgan fingerprint density at radius 1 is 1.18 bits per heavy atom. The van der Waals surface area contributed by atoms with E-state index in [0.717, 1.165) is 45.8 Å². The summed E-state index contributed by atoms with van der Waals surface area (Å²) in [7, 11) is 0. The molecule has 0 unspecified atom stereocenters. The average Bonchev–Trinajstić information content (AvgIpc) is 2.32. The number of nitrogens with zero attached hydrogens (tertiary/aromatic N) is 3. The maximum Gasteiger partial charge on any atom is 0.0313 e. The molecule has 0 aliphatic carbocycles. The molecule has 2 heterocycles. The fourth-order valence-corrected chi connectivity index (χ4v) is 2.32. The molecule has 0 amide bonds. The third kappa shape index (κ3) is 3.77. The number of hydrogen-bond donors (Lipinski definition) is 1. The number of hydrogen-bond acceptors (Lipinski definition) is 4. The van der Waals surface area contributed by atoms with Crippen LogP contribution in [-0.4, -0.2) is 54.1 Å². The molecule has 1 aromatic rings. The van der Waals surface area contributed by atoms with Gasteiger partial charge in [0.05, 0.1) is 0 Å². The van der Waals surface area contributed by atoms with Crippen molar-refractivity contribution in [3.63, 3.8) is 0 Å². The molecule has 0 bridgehead atoms. The topological polar surface area (TPSA) is 45.4 Å². The first-order chi connectivity index (χ1) is 8.28. The minimum absolute atomic E-state index is 0.766. The van der Waals surface area contributed by atoms with Crippen molar-refractivity contribution in [2.24, 2.45) is 5.73 Å². The molecule has 1 aliphatic heterocycles. The van der Waals surface area contributed by atoms with Crippen LogP contribution >= 0.6 is 0 Å². The Morgan fingerprint density at radius 2 is 1.88 bits per heavy atom. The van der Waals surface area contributed by atoms with Crippen LogP contribution in [0.2, 0.25) is 0 Å². The maximum absolute atomic E-state index is 5.57. The fraction of sp³-hybridized carbons (Fsp3) is 0.615. The van der Waals surface area contributed by atoms with Crippen LogP contribution in [0.1, 0.15) is 11.1 Å². The predicted octanol–water partition coefficient (Wildman–Crippen LogP) is 0.466. The Labute approximate surface area is 103 Å². The summed E-state index contributed by atoms with van der Waals surface area (Å²) in [5.74, 6) is 0. The Hall–Kier alpha value is -0.970. The molecule has 2 N–H and O–H groups in total. The van der Waals surface area contributed by atoms with Crippen molar-refractivity contribution in [2.45, 2.75) is 13.5 Å². The van der Waals surface area contributed by atoms with E-state index < -0.39 is 0 Å². The van der Waals surface area contributed by atoms with E-state index in [0.29, 0.717) is 0 Å². The number of nitrogens with two attached hydrogens (primary N) is 1. The molecule has 4 nitrogen and oxygen atoms in total. The molecular formula is C13H22N4. The fourth-order valence-electron chi connectivity index (χ4n) is 2.32. The van der Waals surface area contributed by atoms with Gasteiger partial charge in [0.1, 0.15) is 0 Å². The van der Waals surface area contributed by atoms with E-state index in [1.807, 2.05) is 12.4 Å². The van der Waals surface area contributed by atoms with Gasteiger partial charge in [0.2, 0.25) is 0 Å². The summed E-state index contributed by atoms with van der Waals surface area (Å²) in [4.78, 5) is 9.17. The SMILES string of the molecule is Cc1cncc(CN2CCN(CCN)CC2)c1. The van der Waals surface area contributed by atoms with E-state index in [4.69, 9.17) is 5.73 Å². The number of piperazine rings is 1. The highest BCUT2D eigenvalue weighted by Gasteiger charge is 2.16. The first-order valence-electron chi connectivity index (χ1n) is 6.33. The van der Waals surface area contributed by atoms with Crippen LogP contribution in [0.15, 0.2) is 18.5 Å². The van der Waals surface area contributed by atoms with E-state index >= 15 is 0 Å². The summed E-state index contributed by atoms with van der Waals surface area (Å²) in [6.07, 6.45) is 3.88. The van der Waals surface area contributed by atoms with Crippen LogP contribution < -0.4 is 5.73 Å². The molecule has 0 aromatic carbocycles. The number of aromatic nitrogens is 1. The molecule has 1 aliphatic rings. The molecule has 17 heavy (non-hydrogen) atoms. The Morgan fingerprint density at radius 3 is 2.53 bits per heavy atom. The van der Waals surface area contributed by atoms with Crippen molar-refractivity contribution in [2.75, 3.05) is 39.3 Å². The van der Waals surface area contributed by atoms with E-state index in [-0.39, 0.29) is 0 Å². The summed E-state index contributed by atoms with van der Waals surface area (Å²) in [5.41, 5.74) is 8.13. The molecule has 0 saturated carbocycles. The molecule has 0 radical (unpaired) electrons. The number of pyridine rings is 1. The first-order valence-corrected chi connectivity index (χ1v) is 6.33. The molecule has 2 rings (SSSR count). The standard InChI is InChI=1S/C13H22N4/c1-12-8-13(10-15-9-12)11-17-6-4-16(3-2-14)5-7-17/h8-10H,2-7,11,14H2,1H3. The van der Waals surface area contributed by atoms with Crippen molar-refractivity contribution in [3.8, 4) is 0 Å². The molecular weight excluding hydrogens is 212 g/mol. The summed E-state index contributed by atoms with van der Waals surface area (Å²) >= 11 is 0. The normalized spacial score (nSPS) is 18.5. The smallest absolute Gasteiger partial charge is 0.0313 e. The van der Waals surface area contributed by atoms with E-state index in [2.05, 4.69) is 27.8 Å². The lowest BCUT2D eigenvalue weighted by molar-refractivity contribution is 0.129. The Kier molecular flexibility index (Phi) is 4.48. The summed E-state index contributed by atoms with van der Waals surface area (Å²) < 4.78 is 0. The van der Waals surface area contributed by atoms with Crippen molar-refractivity contribution < 1.29 is 0 Å². The quantitative estimate of drug-likeness (QED) is 0.822. The third-order valence-corrected chi connectivity index (χ3v) is 3.25. The zero-order valence-corrected chi connectivity index (χ0v) is 10.6. The highest BCUT2D eigenvalue weighted by Crippen LogP contribution is 2.08. The minimum Gasteiger partial charge on any atom is -0.329 e. The second kappa shape index (κ2) is 6.10. The van der Waals surface area contributed by atoms with Gasteiger partial charge < -0.3 is 5.73 Å². The van der Waals surface area contributed by atoms with Crippen LogP contribution in [-0.2, 0) is 6.54 Å². The van der Waals surface area contributed by atoms with Gasteiger partial charge in [0.25, 0.3) is 0 Å². The predicted molar refractivity (Wildman–Crippen MR) is 69.7 cm³/mol. The molecule has 1 fully saturated rings. The van der Waals surface area contributed by atoms with Crippen molar-refractivity contribution in [3.05, 3.63) is 29.6 Å². The van der Waals surface area contributed by atoms with Gasteiger partial charge in [-0.15, -0.1) is 0 Å². The molecule has 94 valence electrons. The molecule has 4 heteroatoms. The third-order valence-electron chi connectivity index (χ3n) is 3.25. The second-order valence-corrected chi connectivity index (χ2v) is 4.78. The number of aryl methyl sites for hydroxylation is 1. The largest absolute Gasteiger partial charge is 0.329 e. The molecule has 0 atom stereocenters. The summed E-state index contributed by atoms with van der Waals surface area (Å²) in [6.45, 7) is 9.44. The number of rotatable bonds is 4. The van der Waals surface area contributed by atoms with Gasteiger partial charge in [-0.2, -0.15) is 0 Å². The van der Waals surface area contributed by atoms with Crippen LogP contribution in [0.5, 0.6) is 0 Å². The highest BCUT2D eigenvalue weighted by molar-refractivity contribution is 5.16. The molecule has 0 spiro atoms. The summed E-state index contributed by atoms with van der Waals surface area (Å²) in [5, 5.41) is 0. The van der Waals surface area contributed by atoms with Gasteiger partial charge in [-0.05, 0) is 18.1 Å². The highest BCUT2D eigenvalue weighted by atomic mass is 15.3. The maximum atomic E-state index is 5.57. The van der Waals surface area contributed by atoms with Crippen molar-refractivity contribution in [1.82, 2.24) is 14.8 Å². The van der Waals surface area contributed by atoms with Gasteiger partial charge in [0.15, 0.2) is 0 Å². The van der Waals surface area contributed by atoms with Gasteiger partial charge in [-0.25, -0.2) is 0 Å². The zero-order valence-electron chi connectivity index (χ0n) is 10.6. The van der Waals surface area contributed by atoms with Crippen LogP contribution in [0.25, 0.3) is 0 Å². The van der Waals surface area contributed by atoms with E-state index in [9.17, 15) is 0 Å². The van der Waals surface area contributed by atoms with Crippen molar-refractivity contribution >= 4 is 0 Å². The van der Waals surface area contributed by atoms with Gasteiger partial charge in [0, 0.05) is 58.2 Å². The van der Waals surface area contributed by atoms with E-state index in [1.54, 1.807) is 0 Å². The summed E-state index contributed by atoms with van der Waals surface area (Å²) in [6, 6.07) is 2.22. The monoisotopic (exact) mass is 234 g/mol. The Balaban J connectivity index is 1.82. The zero-order chi connectivity index (χ0) is 12.1. The lowest BCUT2D eigenvalue weighted by Gasteiger charge is -2.34. The van der Waals surface area contributed by atoms with Crippen LogP contribution in [0.3, 0.4) is 0 Å². The average molecular weight is 234 g/mol.